The van der Waals surface area contributed by atoms with Gasteiger partial charge in [0.15, 0.2) is 0 Å². The number of halogens is 3. The predicted octanol–water partition coefficient (Wildman–Crippen LogP) is 4.52. The first kappa shape index (κ1) is 16.7. The molecule has 1 unspecified atom stereocenters. The summed E-state index contributed by atoms with van der Waals surface area (Å²) in [5.74, 6) is -0.194. The minimum Gasteiger partial charge on any atom is -0.315 e. The molecule has 1 fully saturated rings. The molecule has 0 saturated carbocycles. The van der Waals surface area contributed by atoms with Crippen LogP contribution >= 0.6 is 23.2 Å². The van der Waals surface area contributed by atoms with Crippen molar-refractivity contribution in [3.05, 3.63) is 69.5 Å². The van der Waals surface area contributed by atoms with Crippen LogP contribution in [0.25, 0.3) is 0 Å². The molecule has 1 aliphatic heterocycles. The van der Waals surface area contributed by atoms with Crippen LogP contribution in [-0.4, -0.2) is 31.1 Å². The third kappa shape index (κ3) is 3.86. The largest absolute Gasteiger partial charge is 0.315 e. The van der Waals surface area contributed by atoms with Gasteiger partial charge in [0.25, 0.3) is 0 Å². The summed E-state index contributed by atoms with van der Waals surface area (Å²) in [7, 11) is 0. The summed E-state index contributed by atoms with van der Waals surface area (Å²) in [5, 5.41) is 4.40. The second kappa shape index (κ2) is 7.63. The van der Waals surface area contributed by atoms with Crippen molar-refractivity contribution in [2.24, 2.45) is 0 Å². The molecular formula is C18H19Cl2FN2. The number of nitrogens with zero attached hydrogens (tertiary/aromatic N) is 1. The van der Waals surface area contributed by atoms with Crippen molar-refractivity contribution in [2.45, 2.75) is 12.5 Å². The normalized spacial score (nSPS) is 17.7. The maximum atomic E-state index is 14.5. The van der Waals surface area contributed by atoms with Gasteiger partial charge in [-0.25, -0.2) is 4.39 Å². The zero-order chi connectivity index (χ0) is 16.2. The minimum absolute atomic E-state index is 0.161. The minimum atomic E-state index is -0.194. The van der Waals surface area contributed by atoms with Gasteiger partial charge in [0.05, 0.1) is 16.1 Å². The molecule has 0 amide bonds. The summed E-state index contributed by atoms with van der Waals surface area (Å²) >= 11 is 12.2. The van der Waals surface area contributed by atoms with Crippen molar-refractivity contribution in [1.29, 1.82) is 0 Å². The van der Waals surface area contributed by atoms with Gasteiger partial charge in [-0.05, 0) is 36.7 Å². The molecule has 2 aromatic carbocycles. The molecule has 1 atom stereocenters. The smallest absolute Gasteiger partial charge is 0.128 e. The van der Waals surface area contributed by atoms with Crippen LogP contribution < -0.4 is 5.32 Å². The average molecular weight is 353 g/mol. The first-order valence-electron chi connectivity index (χ1n) is 7.81. The molecule has 1 saturated heterocycles. The van der Waals surface area contributed by atoms with Gasteiger partial charge in [0.2, 0.25) is 0 Å². The highest BCUT2D eigenvalue weighted by atomic mass is 35.5. The summed E-state index contributed by atoms with van der Waals surface area (Å²) in [4.78, 5) is 2.30. The lowest BCUT2D eigenvalue weighted by Gasteiger charge is -2.31. The lowest BCUT2D eigenvalue weighted by atomic mass is 9.96. The van der Waals surface area contributed by atoms with Crippen molar-refractivity contribution < 1.29 is 4.39 Å². The first-order chi connectivity index (χ1) is 11.2. The second-order valence-electron chi connectivity index (χ2n) is 5.74. The summed E-state index contributed by atoms with van der Waals surface area (Å²) in [5.41, 5.74) is 1.64. The summed E-state index contributed by atoms with van der Waals surface area (Å²) in [6, 6.07) is 12.3. The quantitative estimate of drug-likeness (QED) is 0.873. The van der Waals surface area contributed by atoms with Gasteiger partial charge in [0.1, 0.15) is 5.82 Å². The molecule has 23 heavy (non-hydrogen) atoms. The summed E-state index contributed by atoms with van der Waals surface area (Å²) in [6.45, 7) is 3.65. The van der Waals surface area contributed by atoms with Crippen LogP contribution in [0.4, 0.5) is 4.39 Å². The van der Waals surface area contributed by atoms with E-state index in [-0.39, 0.29) is 11.9 Å². The Kier molecular flexibility index (Phi) is 5.54. The molecule has 3 rings (SSSR count). The van der Waals surface area contributed by atoms with Crippen molar-refractivity contribution in [3.63, 3.8) is 0 Å². The molecular weight excluding hydrogens is 334 g/mol. The van der Waals surface area contributed by atoms with E-state index in [2.05, 4.69) is 10.2 Å². The highest BCUT2D eigenvalue weighted by molar-refractivity contribution is 6.42. The Labute approximate surface area is 146 Å². The van der Waals surface area contributed by atoms with Crippen LogP contribution in [0, 0.1) is 5.82 Å². The van der Waals surface area contributed by atoms with E-state index in [0.29, 0.717) is 15.6 Å². The van der Waals surface area contributed by atoms with E-state index in [1.54, 1.807) is 12.1 Å². The summed E-state index contributed by atoms with van der Waals surface area (Å²) in [6.07, 6.45) is 1.03. The SMILES string of the molecule is Fc1ccccc1C(c1ccc(Cl)c(Cl)c1)N1CCCNCC1. The van der Waals surface area contributed by atoms with Crippen LogP contribution in [0.3, 0.4) is 0 Å². The Morgan fingerprint density at radius 2 is 1.83 bits per heavy atom. The van der Waals surface area contributed by atoms with Gasteiger partial charge in [-0.15, -0.1) is 0 Å². The van der Waals surface area contributed by atoms with Crippen molar-refractivity contribution in [3.8, 4) is 0 Å². The third-order valence-corrected chi connectivity index (χ3v) is 4.94. The fourth-order valence-electron chi connectivity index (χ4n) is 3.09. The van der Waals surface area contributed by atoms with Crippen molar-refractivity contribution in [1.82, 2.24) is 10.2 Å². The number of nitrogens with one attached hydrogen (secondary N) is 1. The zero-order valence-electron chi connectivity index (χ0n) is 12.7. The van der Waals surface area contributed by atoms with E-state index >= 15 is 0 Å². The molecule has 1 N–H and O–H groups in total. The Balaban J connectivity index is 2.05. The van der Waals surface area contributed by atoms with E-state index in [4.69, 9.17) is 23.2 Å². The molecule has 0 spiro atoms. The fourth-order valence-corrected chi connectivity index (χ4v) is 3.40. The average Bonchev–Trinajstić information content (AvgIpc) is 2.82. The molecule has 1 heterocycles. The van der Waals surface area contributed by atoms with E-state index in [9.17, 15) is 4.39 Å². The molecule has 122 valence electrons. The summed E-state index contributed by atoms with van der Waals surface area (Å²) < 4.78 is 14.5. The number of hydrogen-bond donors (Lipinski definition) is 1. The monoisotopic (exact) mass is 352 g/mol. The van der Waals surface area contributed by atoms with Crippen molar-refractivity contribution >= 4 is 23.2 Å². The van der Waals surface area contributed by atoms with Gasteiger partial charge in [-0.1, -0.05) is 47.5 Å². The first-order valence-corrected chi connectivity index (χ1v) is 8.56. The van der Waals surface area contributed by atoms with E-state index in [1.807, 2.05) is 24.3 Å². The highest BCUT2D eigenvalue weighted by Crippen LogP contribution is 2.34. The molecule has 0 aliphatic carbocycles. The molecule has 0 bridgehead atoms. The van der Waals surface area contributed by atoms with Crippen molar-refractivity contribution in [2.75, 3.05) is 26.2 Å². The van der Waals surface area contributed by atoms with E-state index in [1.165, 1.54) is 6.07 Å². The lowest BCUT2D eigenvalue weighted by molar-refractivity contribution is 0.237. The predicted molar refractivity (Wildman–Crippen MR) is 93.8 cm³/mol. The highest BCUT2D eigenvalue weighted by Gasteiger charge is 2.25. The molecule has 1 aliphatic rings. The molecule has 2 nitrogen and oxygen atoms in total. The van der Waals surface area contributed by atoms with Crippen LogP contribution in [0.1, 0.15) is 23.6 Å². The van der Waals surface area contributed by atoms with Gasteiger partial charge in [-0.3, -0.25) is 4.90 Å². The second-order valence-corrected chi connectivity index (χ2v) is 6.55. The maximum Gasteiger partial charge on any atom is 0.128 e. The molecule has 0 aromatic heterocycles. The van der Waals surface area contributed by atoms with Gasteiger partial charge < -0.3 is 5.32 Å². The van der Waals surface area contributed by atoms with Gasteiger partial charge >= 0.3 is 0 Å². The Morgan fingerprint density at radius 3 is 2.61 bits per heavy atom. The molecule has 5 heteroatoms. The molecule has 0 radical (unpaired) electrons. The Morgan fingerprint density at radius 1 is 1.00 bits per heavy atom. The van der Waals surface area contributed by atoms with Crippen LogP contribution in [0.5, 0.6) is 0 Å². The van der Waals surface area contributed by atoms with Gasteiger partial charge in [-0.2, -0.15) is 0 Å². The fraction of sp³-hybridized carbons (Fsp3) is 0.333. The Bertz CT molecular complexity index is 670. The van der Waals surface area contributed by atoms with E-state index < -0.39 is 0 Å². The van der Waals surface area contributed by atoms with Crippen LogP contribution in [-0.2, 0) is 0 Å². The molecule has 2 aromatic rings. The number of benzene rings is 2. The standard InChI is InChI=1S/C18H19Cl2FN2/c19-15-7-6-13(12-16(15)20)18(14-4-1-2-5-17(14)21)23-10-3-8-22-9-11-23/h1-2,4-7,12,18,22H,3,8-11H2. The van der Waals surface area contributed by atoms with Crippen LogP contribution in [0.15, 0.2) is 42.5 Å². The Hall–Kier alpha value is -1.13. The van der Waals surface area contributed by atoms with Gasteiger partial charge in [0, 0.05) is 25.2 Å². The maximum absolute atomic E-state index is 14.5. The van der Waals surface area contributed by atoms with E-state index in [0.717, 1.165) is 38.2 Å². The topological polar surface area (TPSA) is 15.3 Å². The van der Waals surface area contributed by atoms with Crippen LogP contribution in [0.2, 0.25) is 10.0 Å². The zero-order valence-corrected chi connectivity index (χ0v) is 14.2. The number of hydrogen-bond acceptors (Lipinski definition) is 2. The lowest BCUT2D eigenvalue weighted by Crippen LogP contribution is -2.33. The number of rotatable bonds is 3. The third-order valence-electron chi connectivity index (χ3n) is 4.20.